The Bertz CT molecular complexity index is 772. The van der Waals surface area contributed by atoms with Gasteiger partial charge in [0.1, 0.15) is 5.52 Å². The summed E-state index contributed by atoms with van der Waals surface area (Å²) in [5.74, 6) is 0.0687. The van der Waals surface area contributed by atoms with E-state index in [9.17, 15) is 9.59 Å². The van der Waals surface area contributed by atoms with E-state index in [2.05, 4.69) is 25.3 Å². The van der Waals surface area contributed by atoms with Gasteiger partial charge in [-0.15, -0.1) is 0 Å². The first-order valence-electron chi connectivity index (χ1n) is 8.13. The summed E-state index contributed by atoms with van der Waals surface area (Å²) in [5.41, 5.74) is 1.03. The number of halogens is 1. The summed E-state index contributed by atoms with van der Waals surface area (Å²) in [4.78, 5) is 40.9. The van der Waals surface area contributed by atoms with Crippen LogP contribution in [-0.4, -0.2) is 63.0 Å². The lowest BCUT2D eigenvalue weighted by molar-refractivity contribution is -0.151. The summed E-state index contributed by atoms with van der Waals surface area (Å²) < 4.78 is 5.04. The number of esters is 1. The quantitative estimate of drug-likeness (QED) is 0.604. The number of anilines is 1. The van der Waals surface area contributed by atoms with Crippen LogP contribution in [0.1, 0.15) is 19.8 Å². The summed E-state index contributed by atoms with van der Waals surface area (Å²) >= 11 is 5.86. The van der Waals surface area contributed by atoms with Gasteiger partial charge in [0, 0.05) is 13.1 Å². The van der Waals surface area contributed by atoms with Crippen molar-refractivity contribution in [3.8, 4) is 0 Å². The zero-order valence-electron chi connectivity index (χ0n) is 13.8. The van der Waals surface area contributed by atoms with Crippen molar-refractivity contribution in [2.24, 2.45) is 5.92 Å². The van der Waals surface area contributed by atoms with Gasteiger partial charge in [-0.05, 0) is 31.4 Å². The second kappa shape index (κ2) is 7.64. The molecule has 134 valence electrons. The number of nitrogens with one attached hydrogen (secondary N) is 2. The van der Waals surface area contributed by atoms with E-state index in [4.69, 9.17) is 16.3 Å². The Hall–Kier alpha value is -2.42. The van der Waals surface area contributed by atoms with Crippen molar-refractivity contribution in [2.45, 2.75) is 19.8 Å². The van der Waals surface area contributed by atoms with Gasteiger partial charge >= 0.3 is 5.97 Å². The highest BCUT2D eigenvalue weighted by Gasteiger charge is 2.28. The molecule has 1 saturated heterocycles. The molecule has 0 aromatic carbocycles. The second-order valence-corrected chi connectivity index (χ2v) is 6.04. The molecule has 1 fully saturated rings. The van der Waals surface area contributed by atoms with E-state index in [0.717, 1.165) is 0 Å². The molecule has 1 aliphatic heterocycles. The third-order valence-corrected chi connectivity index (χ3v) is 4.30. The molecule has 1 amide bonds. The van der Waals surface area contributed by atoms with Crippen LogP contribution in [0.5, 0.6) is 0 Å². The Morgan fingerprint density at radius 2 is 2.16 bits per heavy atom. The fraction of sp³-hybridized carbons (Fsp3) is 0.533. The predicted molar refractivity (Wildman–Crippen MR) is 91.1 cm³/mol. The number of hydrogen-bond acceptors (Lipinski definition) is 7. The van der Waals surface area contributed by atoms with E-state index in [0.29, 0.717) is 49.5 Å². The molecule has 0 unspecified atom stereocenters. The van der Waals surface area contributed by atoms with Crippen molar-refractivity contribution in [1.29, 1.82) is 0 Å². The number of amides is 1. The number of hydrogen-bond donors (Lipinski definition) is 2. The van der Waals surface area contributed by atoms with Gasteiger partial charge < -0.3 is 19.9 Å². The van der Waals surface area contributed by atoms with Crippen LogP contribution >= 0.6 is 11.6 Å². The van der Waals surface area contributed by atoms with Crippen molar-refractivity contribution in [2.75, 3.05) is 31.6 Å². The number of ether oxygens (including phenoxy) is 1. The molecule has 2 N–H and O–H groups in total. The average molecular weight is 367 g/mol. The van der Waals surface area contributed by atoms with Crippen molar-refractivity contribution >= 4 is 40.5 Å². The third-order valence-electron chi connectivity index (χ3n) is 4.13. The zero-order valence-corrected chi connectivity index (χ0v) is 14.5. The van der Waals surface area contributed by atoms with E-state index in [1.165, 1.54) is 6.33 Å². The number of piperidine rings is 1. The van der Waals surface area contributed by atoms with Gasteiger partial charge in [0.05, 0.1) is 25.4 Å². The molecule has 9 nitrogen and oxygen atoms in total. The highest BCUT2D eigenvalue weighted by molar-refractivity contribution is 6.28. The summed E-state index contributed by atoms with van der Waals surface area (Å²) in [6, 6.07) is 0. The molecule has 0 aliphatic carbocycles. The fourth-order valence-electron chi connectivity index (χ4n) is 2.83. The first-order valence-corrected chi connectivity index (χ1v) is 8.51. The van der Waals surface area contributed by atoms with Gasteiger partial charge in [-0.3, -0.25) is 9.59 Å². The molecular weight excluding hydrogens is 348 g/mol. The van der Waals surface area contributed by atoms with Crippen molar-refractivity contribution < 1.29 is 14.3 Å². The maximum absolute atomic E-state index is 12.4. The van der Waals surface area contributed by atoms with Crippen LogP contribution < -0.4 is 5.32 Å². The van der Waals surface area contributed by atoms with Gasteiger partial charge in [-0.1, -0.05) is 0 Å². The minimum absolute atomic E-state index is 0.0600. The van der Waals surface area contributed by atoms with Crippen molar-refractivity contribution in [3.63, 3.8) is 0 Å². The molecule has 3 heterocycles. The highest BCUT2D eigenvalue weighted by atomic mass is 35.5. The molecule has 0 bridgehead atoms. The van der Waals surface area contributed by atoms with Crippen LogP contribution in [0.25, 0.3) is 11.2 Å². The molecule has 10 heteroatoms. The van der Waals surface area contributed by atoms with Gasteiger partial charge in [0.2, 0.25) is 11.2 Å². The number of aromatic nitrogens is 4. The minimum Gasteiger partial charge on any atom is -0.466 e. The number of aromatic amines is 1. The Kier molecular flexibility index (Phi) is 5.32. The molecule has 0 radical (unpaired) electrons. The number of imidazole rings is 1. The molecule has 25 heavy (non-hydrogen) atoms. The van der Waals surface area contributed by atoms with Gasteiger partial charge in [0.25, 0.3) is 0 Å². The lowest BCUT2D eigenvalue weighted by Crippen LogP contribution is -2.43. The highest BCUT2D eigenvalue weighted by Crippen LogP contribution is 2.20. The summed E-state index contributed by atoms with van der Waals surface area (Å²) in [7, 11) is 0. The standard InChI is InChI=1S/C15H19ClN6O3/c1-2-25-14(24)9-3-5-22(6-4-9)10(23)7-17-12-11-13(19-8-18-11)21-15(16)20-12/h8-9H,2-7H2,1H3,(H2,17,18,19,20,21). The molecule has 0 atom stereocenters. The maximum atomic E-state index is 12.4. The average Bonchev–Trinajstić information content (AvgIpc) is 3.08. The first kappa shape index (κ1) is 17.4. The fourth-order valence-corrected chi connectivity index (χ4v) is 2.99. The summed E-state index contributed by atoms with van der Waals surface area (Å²) in [6.45, 7) is 3.32. The molecule has 2 aromatic heterocycles. The van der Waals surface area contributed by atoms with E-state index in [-0.39, 0.29) is 29.6 Å². The van der Waals surface area contributed by atoms with E-state index < -0.39 is 0 Å². The van der Waals surface area contributed by atoms with E-state index in [1.54, 1.807) is 11.8 Å². The predicted octanol–water partition coefficient (Wildman–Crippen LogP) is 1.22. The minimum atomic E-state index is -0.176. The Balaban J connectivity index is 1.55. The van der Waals surface area contributed by atoms with Gasteiger partial charge in [-0.25, -0.2) is 4.98 Å². The Morgan fingerprint density at radius 3 is 2.88 bits per heavy atom. The van der Waals surface area contributed by atoms with Crippen LogP contribution in [0.15, 0.2) is 6.33 Å². The number of H-pyrrole nitrogens is 1. The number of rotatable bonds is 5. The number of nitrogens with zero attached hydrogens (tertiary/aromatic N) is 4. The maximum Gasteiger partial charge on any atom is 0.309 e. The van der Waals surface area contributed by atoms with Crippen LogP contribution in [0.2, 0.25) is 5.28 Å². The van der Waals surface area contributed by atoms with Crippen LogP contribution in [0.4, 0.5) is 5.82 Å². The van der Waals surface area contributed by atoms with E-state index in [1.807, 2.05) is 0 Å². The van der Waals surface area contributed by atoms with Gasteiger partial charge in [-0.2, -0.15) is 9.97 Å². The molecular formula is C15H19ClN6O3. The number of likely N-dealkylation sites (tertiary alicyclic amines) is 1. The van der Waals surface area contributed by atoms with Crippen LogP contribution in [-0.2, 0) is 14.3 Å². The monoisotopic (exact) mass is 366 g/mol. The van der Waals surface area contributed by atoms with Crippen molar-refractivity contribution in [3.05, 3.63) is 11.6 Å². The molecule has 0 saturated carbocycles. The number of fused-ring (bicyclic) bond motifs is 1. The summed E-state index contributed by atoms with van der Waals surface area (Å²) in [5, 5.41) is 3.04. The topological polar surface area (TPSA) is 113 Å². The number of carbonyl (C=O) groups excluding carboxylic acids is 2. The normalized spacial score (nSPS) is 15.4. The molecule has 3 rings (SSSR count). The lowest BCUT2D eigenvalue weighted by Gasteiger charge is -2.31. The van der Waals surface area contributed by atoms with Crippen molar-refractivity contribution in [1.82, 2.24) is 24.8 Å². The SMILES string of the molecule is CCOC(=O)C1CCN(C(=O)CNc2nc(Cl)nc3nc[nH]c23)CC1. The Morgan fingerprint density at radius 1 is 1.40 bits per heavy atom. The third kappa shape index (κ3) is 3.98. The number of carbonyl (C=O) groups is 2. The lowest BCUT2D eigenvalue weighted by atomic mass is 9.97. The zero-order chi connectivity index (χ0) is 17.8. The smallest absolute Gasteiger partial charge is 0.309 e. The van der Waals surface area contributed by atoms with Crippen LogP contribution in [0, 0.1) is 5.92 Å². The van der Waals surface area contributed by atoms with E-state index >= 15 is 0 Å². The first-order chi connectivity index (χ1) is 12.1. The largest absolute Gasteiger partial charge is 0.466 e. The molecule has 0 spiro atoms. The van der Waals surface area contributed by atoms with Gasteiger partial charge in [0.15, 0.2) is 11.5 Å². The molecule has 1 aliphatic rings. The Labute approximate surface area is 149 Å². The van der Waals surface area contributed by atoms with Crippen LogP contribution in [0.3, 0.4) is 0 Å². The molecule has 2 aromatic rings. The summed E-state index contributed by atoms with van der Waals surface area (Å²) in [6.07, 6.45) is 2.73. The second-order valence-electron chi connectivity index (χ2n) is 5.70.